The van der Waals surface area contributed by atoms with E-state index in [0.717, 1.165) is 32.2 Å². The molecule has 0 amide bonds. The van der Waals surface area contributed by atoms with Gasteiger partial charge in [-0.05, 0) is 50.3 Å². The number of aliphatic hydroxyl groups excluding tert-OH is 1. The Morgan fingerprint density at radius 1 is 1.48 bits per heavy atom. The molecule has 2 rings (SSSR count). The van der Waals surface area contributed by atoms with E-state index in [1.165, 1.54) is 0 Å². The van der Waals surface area contributed by atoms with Crippen molar-refractivity contribution in [2.75, 3.05) is 19.8 Å². The molecule has 118 valence electrons. The predicted molar refractivity (Wildman–Crippen MR) is 82.1 cm³/mol. The van der Waals surface area contributed by atoms with Crippen molar-refractivity contribution in [3.63, 3.8) is 0 Å². The Morgan fingerprint density at radius 2 is 2.29 bits per heavy atom. The van der Waals surface area contributed by atoms with E-state index in [4.69, 9.17) is 4.74 Å². The van der Waals surface area contributed by atoms with Gasteiger partial charge in [0.1, 0.15) is 0 Å². The van der Waals surface area contributed by atoms with Gasteiger partial charge in [0.15, 0.2) is 11.6 Å². The number of likely N-dealkylation sites (N-methyl/N-ethyl adjacent to an activating group) is 1. The largest absolute Gasteiger partial charge is 0.490 e. The molecule has 2 unspecified atom stereocenters. The summed E-state index contributed by atoms with van der Waals surface area (Å²) >= 11 is 0. The van der Waals surface area contributed by atoms with Crippen molar-refractivity contribution in [3.8, 4) is 5.75 Å². The zero-order chi connectivity index (χ0) is 15.3. The Balaban J connectivity index is 1.92. The van der Waals surface area contributed by atoms with Crippen LogP contribution in [-0.2, 0) is 0 Å². The summed E-state index contributed by atoms with van der Waals surface area (Å²) in [6, 6.07) is 5.21. The molecule has 4 heteroatoms. The normalized spacial score (nSPS) is 25.2. The van der Waals surface area contributed by atoms with Crippen LogP contribution in [0.15, 0.2) is 18.2 Å². The molecule has 2 N–H and O–H groups in total. The molecule has 0 aromatic heterocycles. The lowest BCUT2D eigenvalue weighted by Gasteiger charge is -2.34. The van der Waals surface area contributed by atoms with Crippen LogP contribution in [0.5, 0.6) is 5.75 Å². The molecule has 3 nitrogen and oxygen atoms in total. The Bertz CT molecular complexity index is 466. The van der Waals surface area contributed by atoms with Gasteiger partial charge in [-0.1, -0.05) is 25.5 Å². The topological polar surface area (TPSA) is 41.5 Å². The average Bonchev–Trinajstić information content (AvgIpc) is 2.87. The van der Waals surface area contributed by atoms with Gasteiger partial charge in [-0.2, -0.15) is 0 Å². The minimum Gasteiger partial charge on any atom is -0.490 e. The summed E-state index contributed by atoms with van der Waals surface area (Å²) in [6.07, 6.45) is 4.05. The number of aryl methyl sites for hydroxylation is 1. The van der Waals surface area contributed by atoms with Crippen molar-refractivity contribution in [2.24, 2.45) is 5.92 Å². The van der Waals surface area contributed by atoms with Gasteiger partial charge >= 0.3 is 0 Å². The van der Waals surface area contributed by atoms with Crippen molar-refractivity contribution in [1.82, 2.24) is 5.32 Å². The monoisotopic (exact) mass is 295 g/mol. The third-order valence-corrected chi connectivity index (χ3v) is 4.65. The Hall–Kier alpha value is -1.13. The second kappa shape index (κ2) is 7.23. The van der Waals surface area contributed by atoms with E-state index < -0.39 is 0 Å². The van der Waals surface area contributed by atoms with Gasteiger partial charge in [0.25, 0.3) is 0 Å². The van der Waals surface area contributed by atoms with Crippen LogP contribution in [-0.4, -0.2) is 30.4 Å². The number of hydrogen-bond donors (Lipinski definition) is 2. The average molecular weight is 295 g/mol. The fraction of sp³-hybridized carbons (Fsp3) is 0.647. The van der Waals surface area contributed by atoms with Crippen molar-refractivity contribution < 1.29 is 14.2 Å². The van der Waals surface area contributed by atoms with E-state index >= 15 is 0 Å². The van der Waals surface area contributed by atoms with Crippen LogP contribution in [0.1, 0.15) is 38.2 Å². The molecule has 0 bridgehead atoms. The summed E-state index contributed by atoms with van der Waals surface area (Å²) in [5, 5.41) is 13.2. The summed E-state index contributed by atoms with van der Waals surface area (Å²) in [5.74, 6) is 0.436. The SMILES string of the molecule is CCNC1(CO)CCCC1CCOc1cccc(C)c1F. The lowest BCUT2D eigenvalue weighted by atomic mass is 9.85. The molecule has 1 aromatic carbocycles. The van der Waals surface area contributed by atoms with Gasteiger partial charge in [-0.3, -0.25) is 0 Å². The van der Waals surface area contributed by atoms with Crippen molar-refractivity contribution >= 4 is 0 Å². The molecule has 1 aromatic rings. The summed E-state index contributed by atoms with van der Waals surface area (Å²) in [4.78, 5) is 0. The molecule has 2 atom stereocenters. The Kier molecular flexibility index (Phi) is 5.59. The minimum absolute atomic E-state index is 0.157. The summed E-state index contributed by atoms with van der Waals surface area (Å²) < 4.78 is 19.5. The van der Waals surface area contributed by atoms with Crippen molar-refractivity contribution in [2.45, 2.75) is 45.1 Å². The van der Waals surface area contributed by atoms with E-state index in [-0.39, 0.29) is 18.0 Å². The summed E-state index contributed by atoms with van der Waals surface area (Å²) in [5.41, 5.74) is 0.425. The van der Waals surface area contributed by atoms with Gasteiger partial charge in [0, 0.05) is 5.54 Å². The van der Waals surface area contributed by atoms with Gasteiger partial charge in [0.05, 0.1) is 13.2 Å². The molecular formula is C17H26FNO2. The summed E-state index contributed by atoms with van der Waals surface area (Å²) in [6.45, 7) is 5.29. The molecule has 0 aliphatic heterocycles. The number of hydrogen-bond acceptors (Lipinski definition) is 3. The fourth-order valence-corrected chi connectivity index (χ4v) is 3.46. The number of nitrogens with one attached hydrogen (secondary N) is 1. The maximum absolute atomic E-state index is 13.9. The zero-order valence-electron chi connectivity index (χ0n) is 13.0. The molecule has 0 radical (unpaired) electrons. The fourth-order valence-electron chi connectivity index (χ4n) is 3.46. The number of halogens is 1. The van der Waals surface area contributed by atoms with Gasteiger partial charge in [-0.15, -0.1) is 0 Å². The number of ether oxygens (including phenoxy) is 1. The van der Waals surface area contributed by atoms with Crippen LogP contribution >= 0.6 is 0 Å². The predicted octanol–water partition coefficient (Wildman–Crippen LogP) is 3.04. The van der Waals surface area contributed by atoms with Crippen molar-refractivity contribution in [3.05, 3.63) is 29.6 Å². The van der Waals surface area contributed by atoms with Crippen molar-refractivity contribution in [1.29, 1.82) is 0 Å². The Labute approximate surface area is 126 Å². The van der Waals surface area contributed by atoms with E-state index in [0.29, 0.717) is 23.8 Å². The molecular weight excluding hydrogens is 269 g/mol. The first kappa shape index (κ1) is 16.2. The van der Waals surface area contributed by atoms with Gasteiger partial charge < -0.3 is 15.2 Å². The van der Waals surface area contributed by atoms with E-state index in [1.54, 1.807) is 25.1 Å². The summed E-state index contributed by atoms with van der Waals surface area (Å²) in [7, 11) is 0. The highest BCUT2D eigenvalue weighted by molar-refractivity contribution is 5.30. The number of benzene rings is 1. The molecule has 1 fully saturated rings. The van der Waals surface area contributed by atoms with Crippen LogP contribution in [0.4, 0.5) is 4.39 Å². The first-order valence-electron chi connectivity index (χ1n) is 7.86. The van der Waals surface area contributed by atoms with Crippen LogP contribution in [0.2, 0.25) is 0 Å². The van der Waals surface area contributed by atoms with Gasteiger partial charge in [0.2, 0.25) is 0 Å². The zero-order valence-corrected chi connectivity index (χ0v) is 13.0. The molecule has 1 aliphatic carbocycles. The standard InChI is InChI=1S/C17H26FNO2/c1-3-19-17(12-20)10-5-7-14(17)9-11-21-15-8-4-6-13(2)16(15)18/h4,6,8,14,19-20H,3,5,7,9-12H2,1-2H3. The Morgan fingerprint density at radius 3 is 3.00 bits per heavy atom. The third kappa shape index (κ3) is 3.55. The highest BCUT2D eigenvalue weighted by Crippen LogP contribution is 2.37. The van der Waals surface area contributed by atoms with Crippen LogP contribution in [0.25, 0.3) is 0 Å². The molecule has 0 heterocycles. The second-order valence-electron chi connectivity index (χ2n) is 5.96. The van der Waals surface area contributed by atoms with Crippen LogP contribution < -0.4 is 10.1 Å². The lowest BCUT2D eigenvalue weighted by molar-refractivity contribution is 0.111. The second-order valence-corrected chi connectivity index (χ2v) is 5.96. The number of aliphatic hydroxyl groups is 1. The molecule has 21 heavy (non-hydrogen) atoms. The first-order valence-corrected chi connectivity index (χ1v) is 7.86. The van der Waals surface area contributed by atoms with Crippen LogP contribution in [0, 0.1) is 18.7 Å². The molecule has 1 saturated carbocycles. The molecule has 1 aliphatic rings. The highest BCUT2D eigenvalue weighted by Gasteiger charge is 2.41. The number of rotatable bonds is 7. The minimum atomic E-state index is -0.274. The maximum atomic E-state index is 13.9. The molecule has 0 spiro atoms. The van der Waals surface area contributed by atoms with E-state index in [9.17, 15) is 9.50 Å². The molecule has 0 saturated heterocycles. The highest BCUT2D eigenvalue weighted by atomic mass is 19.1. The smallest absolute Gasteiger partial charge is 0.167 e. The maximum Gasteiger partial charge on any atom is 0.167 e. The van der Waals surface area contributed by atoms with Gasteiger partial charge in [-0.25, -0.2) is 4.39 Å². The third-order valence-electron chi connectivity index (χ3n) is 4.65. The first-order chi connectivity index (χ1) is 10.1. The van der Waals surface area contributed by atoms with E-state index in [1.807, 2.05) is 0 Å². The quantitative estimate of drug-likeness (QED) is 0.812. The lowest BCUT2D eigenvalue weighted by Crippen LogP contribution is -2.51. The van der Waals surface area contributed by atoms with Crippen LogP contribution in [0.3, 0.4) is 0 Å². The van der Waals surface area contributed by atoms with E-state index in [2.05, 4.69) is 12.2 Å².